The van der Waals surface area contributed by atoms with Crippen LogP contribution in [0.2, 0.25) is 0 Å². The van der Waals surface area contributed by atoms with Gasteiger partial charge in [0, 0.05) is 18.2 Å². The fraction of sp³-hybridized carbons (Fsp3) is 0.533. The topological polar surface area (TPSA) is 41.1 Å². The van der Waals surface area contributed by atoms with Gasteiger partial charge in [-0.2, -0.15) is 0 Å². The van der Waals surface area contributed by atoms with E-state index in [1.807, 2.05) is 25.1 Å². The molecule has 0 saturated heterocycles. The summed E-state index contributed by atoms with van der Waals surface area (Å²) < 4.78 is 0. The lowest BCUT2D eigenvalue weighted by atomic mass is 9.97. The number of carbonyl (C=O) groups excluding carboxylic acids is 1. The molecular formula is C15H24N2O. The average molecular weight is 248 g/mol. The molecule has 0 radical (unpaired) electrons. The van der Waals surface area contributed by atoms with Crippen molar-refractivity contribution in [3.63, 3.8) is 0 Å². The summed E-state index contributed by atoms with van der Waals surface area (Å²) in [6, 6.07) is 7.99. The number of rotatable bonds is 6. The number of hydrogen-bond acceptors (Lipinski definition) is 2. The number of anilines is 1. The Balaban J connectivity index is 2.64. The van der Waals surface area contributed by atoms with Gasteiger partial charge in [0.25, 0.3) is 0 Å². The van der Waals surface area contributed by atoms with Gasteiger partial charge in [0.15, 0.2) is 0 Å². The maximum atomic E-state index is 12.0. The largest absolute Gasteiger partial charge is 0.326 e. The van der Waals surface area contributed by atoms with Crippen LogP contribution < -0.4 is 10.6 Å². The van der Waals surface area contributed by atoms with Crippen LogP contribution in [-0.4, -0.2) is 12.5 Å². The van der Waals surface area contributed by atoms with Crippen molar-refractivity contribution in [3.05, 3.63) is 29.8 Å². The summed E-state index contributed by atoms with van der Waals surface area (Å²) in [5, 5.41) is 6.25. The highest BCUT2D eigenvalue weighted by atomic mass is 16.1. The van der Waals surface area contributed by atoms with Gasteiger partial charge in [-0.3, -0.25) is 4.79 Å². The second-order valence-corrected chi connectivity index (χ2v) is 5.00. The van der Waals surface area contributed by atoms with Crippen molar-refractivity contribution in [1.82, 2.24) is 5.32 Å². The summed E-state index contributed by atoms with van der Waals surface area (Å²) in [4.78, 5) is 12.0. The molecule has 0 saturated carbocycles. The average Bonchev–Trinajstić information content (AvgIpc) is 2.35. The molecule has 2 N–H and O–H groups in total. The van der Waals surface area contributed by atoms with Gasteiger partial charge < -0.3 is 10.6 Å². The molecule has 1 unspecified atom stereocenters. The molecule has 3 heteroatoms. The monoisotopic (exact) mass is 248 g/mol. The summed E-state index contributed by atoms with van der Waals surface area (Å²) in [7, 11) is 0. The molecule has 100 valence electrons. The molecular weight excluding hydrogens is 224 g/mol. The highest BCUT2D eigenvalue weighted by molar-refractivity contribution is 5.92. The lowest BCUT2D eigenvalue weighted by molar-refractivity contribution is -0.120. The Morgan fingerprint density at radius 1 is 1.28 bits per heavy atom. The first-order valence-corrected chi connectivity index (χ1v) is 6.65. The highest BCUT2D eigenvalue weighted by Gasteiger charge is 2.16. The summed E-state index contributed by atoms with van der Waals surface area (Å²) in [6.07, 6.45) is 0. The van der Waals surface area contributed by atoms with Gasteiger partial charge in [-0.05, 0) is 30.2 Å². The minimum Gasteiger partial charge on any atom is -0.326 e. The Morgan fingerprint density at radius 3 is 2.61 bits per heavy atom. The molecule has 0 aromatic heterocycles. The number of benzene rings is 1. The fourth-order valence-electron chi connectivity index (χ4n) is 1.59. The van der Waals surface area contributed by atoms with Gasteiger partial charge in [0.05, 0.1) is 0 Å². The van der Waals surface area contributed by atoms with Crippen molar-refractivity contribution in [1.29, 1.82) is 0 Å². The van der Waals surface area contributed by atoms with Crippen LogP contribution in [0.25, 0.3) is 0 Å². The Hall–Kier alpha value is -1.35. The van der Waals surface area contributed by atoms with E-state index in [2.05, 4.69) is 37.5 Å². The van der Waals surface area contributed by atoms with Crippen molar-refractivity contribution in [2.75, 3.05) is 11.9 Å². The SMILES string of the molecule is CCNCc1cccc(NC(=O)C(C)C(C)C)c1. The quantitative estimate of drug-likeness (QED) is 0.812. The lowest BCUT2D eigenvalue weighted by Gasteiger charge is -2.15. The molecule has 1 rings (SSSR count). The maximum absolute atomic E-state index is 12.0. The van der Waals surface area contributed by atoms with E-state index in [1.54, 1.807) is 0 Å². The maximum Gasteiger partial charge on any atom is 0.227 e. The molecule has 0 aliphatic heterocycles. The number of nitrogens with one attached hydrogen (secondary N) is 2. The van der Waals surface area contributed by atoms with Crippen LogP contribution in [0, 0.1) is 11.8 Å². The highest BCUT2D eigenvalue weighted by Crippen LogP contribution is 2.15. The third-order valence-electron chi connectivity index (χ3n) is 3.19. The van der Waals surface area contributed by atoms with Gasteiger partial charge in [-0.15, -0.1) is 0 Å². The van der Waals surface area contributed by atoms with Crippen molar-refractivity contribution in [2.24, 2.45) is 11.8 Å². The van der Waals surface area contributed by atoms with E-state index in [1.165, 1.54) is 5.56 Å². The Labute approximate surface area is 110 Å². The molecule has 0 spiro atoms. The minimum atomic E-state index is 0.0300. The van der Waals surface area contributed by atoms with Gasteiger partial charge >= 0.3 is 0 Å². The van der Waals surface area contributed by atoms with E-state index in [0.717, 1.165) is 18.8 Å². The van der Waals surface area contributed by atoms with Gasteiger partial charge in [-0.25, -0.2) is 0 Å². The molecule has 1 amide bonds. The van der Waals surface area contributed by atoms with Gasteiger partial charge in [0.2, 0.25) is 5.91 Å². The smallest absolute Gasteiger partial charge is 0.227 e. The first kappa shape index (κ1) is 14.7. The normalized spacial score (nSPS) is 12.5. The Morgan fingerprint density at radius 2 is 2.00 bits per heavy atom. The molecule has 0 bridgehead atoms. The zero-order chi connectivity index (χ0) is 13.5. The van der Waals surface area contributed by atoms with Crippen molar-refractivity contribution in [2.45, 2.75) is 34.2 Å². The van der Waals surface area contributed by atoms with E-state index in [4.69, 9.17) is 0 Å². The third kappa shape index (κ3) is 4.49. The minimum absolute atomic E-state index is 0.0300. The Kier molecular flexibility index (Phi) is 5.86. The van der Waals surface area contributed by atoms with Crippen LogP contribution in [0.5, 0.6) is 0 Å². The predicted molar refractivity (Wildman–Crippen MR) is 76.5 cm³/mol. The molecule has 0 aliphatic carbocycles. The van der Waals surface area contributed by atoms with Crippen molar-refractivity contribution < 1.29 is 4.79 Å². The van der Waals surface area contributed by atoms with E-state index < -0.39 is 0 Å². The summed E-state index contributed by atoms with van der Waals surface area (Å²) in [6.45, 7) is 9.94. The summed E-state index contributed by atoms with van der Waals surface area (Å²) in [5.41, 5.74) is 2.06. The van der Waals surface area contributed by atoms with E-state index in [9.17, 15) is 4.79 Å². The Bertz CT molecular complexity index is 388. The lowest BCUT2D eigenvalue weighted by Crippen LogP contribution is -2.24. The molecule has 3 nitrogen and oxygen atoms in total. The van der Waals surface area contributed by atoms with E-state index >= 15 is 0 Å². The van der Waals surface area contributed by atoms with Crippen LogP contribution in [0.4, 0.5) is 5.69 Å². The summed E-state index contributed by atoms with van der Waals surface area (Å²) in [5.74, 6) is 0.475. The molecule has 1 aromatic carbocycles. The van der Waals surface area contributed by atoms with E-state index in [0.29, 0.717) is 5.92 Å². The molecule has 18 heavy (non-hydrogen) atoms. The predicted octanol–water partition coefficient (Wildman–Crippen LogP) is 3.03. The third-order valence-corrected chi connectivity index (χ3v) is 3.19. The molecule has 1 atom stereocenters. The van der Waals surface area contributed by atoms with Gasteiger partial charge in [0.1, 0.15) is 0 Å². The number of hydrogen-bond donors (Lipinski definition) is 2. The zero-order valence-corrected chi connectivity index (χ0v) is 11.8. The van der Waals surface area contributed by atoms with Crippen LogP contribution in [0.3, 0.4) is 0 Å². The summed E-state index contributed by atoms with van der Waals surface area (Å²) >= 11 is 0. The van der Waals surface area contributed by atoms with Crippen LogP contribution in [0.15, 0.2) is 24.3 Å². The van der Waals surface area contributed by atoms with Crippen molar-refractivity contribution in [3.8, 4) is 0 Å². The molecule has 0 fully saturated rings. The van der Waals surface area contributed by atoms with Crippen LogP contribution >= 0.6 is 0 Å². The van der Waals surface area contributed by atoms with E-state index in [-0.39, 0.29) is 11.8 Å². The fourth-order valence-corrected chi connectivity index (χ4v) is 1.59. The second kappa shape index (κ2) is 7.17. The molecule has 1 aromatic rings. The molecule has 0 aliphatic rings. The molecule has 0 heterocycles. The first-order chi connectivity index (χ1) is 8.54. The second-order valence-electron chi connectivity index (χ2n) is 5.00. The van der Waals surface area contributed by atoms with Crippen LogP contribution in [0.1, 0.15) is 33.3 Å². The zero-order valence-electron chi connectivity index (χ0n) is 11.8. The standard InChI is InChI=1S/C15H24N2O/c1-5-16-10-13-7-6-8-14(9-13)17-15(18)12(4)11(2)3/h6-9,11-12,16H,5,10H2,1-4H3,(H,17,18). The number of carbonyl (C=O) groups is 1. The number of amides is 1. The van der Waals surface area contributed by atoms with Crippen molar-refractivity contribution >= 4 is 11.6 Å². The first-order valence-electron chi connectivity index (χ1n) is 6.65. The van der Waals surface area contributed by atoms with Gasteiger partial charge in [-0.1, -0.05) is 39.8 Å². The van der Waals surface area contributed by atoms with Crippen LogP contribution in [-0.2, 0) is 11.3 Å².